The normalized spacial score (nSPS) is 10.0. The van der Waals surface area contributed by atoms with Gasteiger partial charge < -0.3 is 0 Å². The molecule has 15 heavy (non-hydrogen) atoms. The Bertz CT molecular complexity index is 404. The Morgan fingerprint density at radius 1 is 1.53 bits per heavy atom. The maximum Gasteiger partial charge on any atom is 0.286 e. The molecular weight excluding hydrogens is 214 g/mol. The summed E-state index contributed by atoms with van der Waals surface area (Å²) in [7, 11) is 0. The summed E-state index contributed by atoms with van der Waals surface area (Å²) >= 11 is 1.31. The van der Waals surface area contributed by atoms with Crippen molar-refractivity contribution in [3.63, 3.8) is 0 Å². The van der Waals surface area contributed by atoms with Gasteiger partial charge in [0, 0.05) is 12.0 Å². The van der Waals surface area contributed by atoms with E-state index in [9.17, 15) is 14.9 Å². The van der Waals surface area contributed by atoms with E-state index in [2.05, 4.69) is 0 Å². The second kappa shape index (κ2) is 4.93. The molecule has 5 heteroatoms. The SMILES string of the molecule is CSc1cccc(CC(C)=O)c1[N+](=O)[O-]. The minimum absolute atomic E-state index is 0.0557. The Morgan fingerprint density at radius 3 is 2.67 bits per heavy atom. The summed E-state index contributed by atoms with van der Waals surface area (Å²) in [6, 6.07) is 5.04. The molecule has 0 radical (unpaired) electrons. The van der Waals surface area contributed by atoms with Gasteiger partial charge in [0.1, 0.15) is 5.78 Å². The zero-order chi connectivity index (χ0) is 11.4. The smallest absolute Gasteiger partial charge is 0.286 e. The van der Waals surface area contributed by atoms with Crippen LogP contribution in [0.25, 0.3) is 0 Å². The highest BCUT2D eigenvalue weighted by molar-refractivity contribution is 7.98. The molecule has 0 unspecified atom stereocenters. The van der Waals surface area contributed by atoms with Crippen LogP contribution in [0.5, 0.6) is 0 Å². The summed E-state index contributed by atoms with van der Waals surface area (Å²) in [4.78, 5) is 22.0. The molecule has 0 saturated carbocycles. The molecule has 0 fully saturated rings. The topological polar surface area (TPSA) is 60.2 Å². The summed E-state index contributed by atoms with van der Waals surface area (Å²) in [6.07, 6.45) is 1.89. The highest BCUT2D eigenvalue weighted by atomic mass is 32.2. The van der Waals surface area contributed by atoms with Gasteiger partial charge in [-0.15, -0.1) is 11.8 Å². The number of nitro benzene ring substituents is 1. The van der Waals surface area contributed by atoms with E-state index in [-0.39, 0.29) is 17.9 Å². The molecule has 0 atom stereocenters. The maximum absolute atomic E-state index is 11.0. The second-order valence-corrected chi connectivity index (χ2v) is 3.95. The summed E-state index contributed by atoms with van der Waals surface area (Å²) in [5, 5.41) is 10.9. The van der Waals surface area contributed by atoms with Crippen LogP contribution in [-0.2, 0) is 11.2 Å². The van der Waals surface area contributed by atoms with E-state index < -0.39 is 4.92 Å². The predicted octanol–water partition coefficient (Wildman–Crippen LogP) is 2.45. The van der Waals surface area contributed by atoms with E-state index in [1.165, 1.54) is 18.7 Å². The number of hydrogen-bond acceptors (Lipinski definition) is 4. The number of thioether (sulfide) groups is 1. The Balaban J connectivity index is 3.25. The van der Waals surface area contributed by atoms with Crippen LogP contribution in [0.1, 0.15) is 12.5 Å². The van der Waals surface area contributed by atoms with Gasteiger partial charge in [0.2, 0.25) is 0 Å². The van der Waals surface area contributed by atoms with Crippen LogP contribution in [0.15, 0.2) is 23.1 Å². The third kappa shape index (κ3) is 2.79. The van der Waals surface area contributed by atoms with Crippen LogP contribution in [0.2, 0.25) is 0 Å². The number of para-hydroxylation sites is 1. The average molecular weight is 225 g/mol. The van der Waals surface area contributed by atoms with Crippen molar-refractivity contribution in [2.75, 3.05) is 6.26 Å². The van der Waals surface area contributed by atoms with Crippen molar-refractivity contribution in [1.82, 2.24) is 0 Å². The minimum Gasteiger partial charge on any atom is -0.300 e. The van der Waals surface area contributed by atoms with Crippen molar-refractivity contribution < 1.29 is 9.72 Å². The zero-order valence-electron chi connectivity index (χ0n) is 8.52. The lowest BCUT2D eigenvalue weighted by molar-refractivity contribution is -0.388. The fraction of sp³-hybridized carbons (Fsp3) is 0.300. The van der Waals surface area contributed by atoms with Crippen LogP contribution in [0, 0.1) is 10.1 Å². The van der Waals surface area contributed by atoms with E-state index in [4.69, 9.17) is 0 Å². The first kappa shape index (κ1) is 11.7. The van der Waals surface area contributed by atoms with E-state index in [0.29, 0.717) is 10.5 Å². The second-order valence-electron chi connectivity index (χ2n) is 3.10. The number of carbonyl (C=O) groups excluding carboxylic acids is 1. The Morgan fingerprint density at radius 2 is 2.20 bits per heavy atom. The van der Waals surface area contributed by atoms with Crippen molar-refractivity contribution in [1.29, 1.82) is 0 Å². The van der Waals surface area contributed by atoms with Gasteiger partial charge >= 0.3 is 0 Å². The molecule has 0 amide bonds. The first-order valence-corrected chi connectivity index (χ1v) is 5.58. The summed E-state index contributed by atoms with van der Waals surface area (Å²) in [5.41, 5.74) is 0.541. The summed E-state index contributed by atoms with van der Waals surface area (Å²) < 4.78 is 0. The first-order valence-electron chi connectivity index (χ1n) is 4.36. The molecule has 0 saturated heterocycles. The van der Waals surface area contributed by atoms with E-state index in [1.807, 2.05) is 0 Å². The number of rotatable bonds is 4. The predicted molar refractivity (Wildman–Crippen MR) is 59.3 cm³/mol. The number of carbonyl (C=O) groups is 1. The molecule has 1 rings (SSSR count). The van der Waals surface area contributed by atoms with Gasteiger partial charge in [0.15, 0.2) is 0 Å². The molecule has 0 aliphatic heterocycles. The molecule has 0 aromatic heterocycles. The van der Waals surface area contributed by atoms with Crippen LogP contribution in [0.4, 0.5) is 5.69 Å². The van der Waals surface area contributed by atoms with Gasteiger partial charge in [0.25, 0.3) is 5.69 Å². The first-order chi connectivity index (χ1) is 7.06. The number of nitrogens with zero attached hydrogens (tertiary/aromatic N) is 1. The molecule has 0 aliphatic rings. The lowest BCUT2D eigenvalue weighted by Gasteiger charge is -2.04. The quantitative estimate of drug-likeness (QED) is 0.448. The largest absolute Gasteiger partial charge is 0.300 e. The van der Waals surface area contributed by atoms with Crippen molar-refractivity contribution in [2.45, 2.75) is 18.2 Å². The number of benzene rings is 1. The summed E-state index contributed by atoms with van der Waals surface area (Å²) in [5.74, 6) is -0.0728. The number of Topliss-reactive ketones (excluding diaryl/α,β-unsaturated/α-hetero) is 1. The lowest BCUT2D eigenvalue weighted by atomic mass is 10.1. The lowest BCUT2D eigenvalue weighted by Crippen LogP contribution is -2.02. The van der Waals surface area contributed by atoms with Gasteiger partial charge in [-0.1, -0.05) is 12.1 Å². The third-order valence-electron chi connectivity index (χ3n) is 1.92. The van der Waals surface area contributed by atoms with Gasteiger partial charge in [0.05, 0.1) is 9.82 Å². The van der Waals surface area contributed by atoms with Crippen LogP contribution >= 0.6 is 11.8 Å². The van der Waals surface area contributed by atoms with Gasteiger partial charge in [-0.3, -0.25) is 14.9 Å². The molecule has 0 N–H and O–H groups in total. The molecule has 0 heterocycles. The Labute approximate surface area is 91.8 Å². The van der Waals surface area contributed by atoms with Gasteiger partial charge in [-0.2, -0.15) is 0 Å². The monoisotopic (exact) mass is 225 g/mol. The van der Waals surface area contributed by atoms with E-state index in [1.54, 1.807) is 24.5 Å². The van der Waals surface area contributed by atoms with E-state index in [0.717, 1.165) is 0 Å². The number of ketones is 1. The average Bonchev–Trinajstić information content (AvgIpc) is 2.15. The third-order valence-corrected chi connectivity index (χ3v) is 2.69. The minimum atomic E-state index is -0.426. The van der Waals surface area contributed by atoms with Crippen LogP contribution < -0.4 is 0 Å². The summed E-state index contributed by atoms with van der Waals surface area (Å²) in [6.45, 7) is 1.43. The molecule has 1 aromatic rings. The van der Waals surface area contributed by atoms with Gasteiger partial charge in [-0.05, 0) is 19.2 Å². The van der Waals surface area contributed by atoms with Crippen LogP contribution in [0.3, 0.4) is 0 Å². The highest BCUT2D eigenvalue weighted by Crippen LogP contribution is 2.31. The number of hydrogen-bond donors (Lipinski definition) is 0. The van der Waals surface area contributed by atoms with Crippen molar-refractivity contribution in [2.24, 2.45) is 0 Å². The maximum atomic E-state index is 11.0. The van der Waals surface area contributed by atoms with E-state index >= 15 is 0 Å². The van der Waals surface area contributed by atoms with Crippen molar-refractivity contribution in [3.05, 3.63) is 33.9 Å². The molecule has 80 valence electrons. The molecule has 4 nitrogen and oxygen atoms in total. The van der Waals surface area contributed by atoms with Crippen LogP contribution in [-0.4, -0.2) is 17.0 Å². The van der Waals surface area contributed by atoms with Gasteiger partial charge in [-0.25, -0.2) is 0 Å². The Kier molecular flexibility index (Phi) is 3.85. The standard InChI is InChI=1S/C10H11NO3S/c1-7(12)6-8-4-3-5-9(15-2)10(8)11(13)14/h3-5H,6H2,1-2H3. The zero-order valence-corrected chi connectivity index (χ0v) is 9.34. The molecule has 0 spiro atoms. The molecular formula is C10H11NO3S. The molecule has 0 bridgehead atoms. The molecule has 1 aromatic carbocycles. The van der Waals surface area contributed by atoms with Crippen molar-refractivity contribution >= 4 is 23.2 Å². The fourth-order valence-electron chi connectivity index (χ4n) is 1.35. The van der Waals surface area contributed by atoms with Crippen molar-refractivity contribution in [3.8, 4) is 0 Å². The Hall–Kier alpha value is -1.36. The number of nitro groups is 1. The molecule has 0 aliphatic carbocycles. The highest BCUT2D eigenvalue weighted by Gasteiger charge is 2.19. The fourth-order valence-corrected chi connectivity index (χ4v) is 1.96.